The van der Waals surface area contributed by atoms with Gasteiger partial charge < -0.3 is 10.2 Å². The summed E-state index contributed by atoms with van der Waals surface area (Å²) in [5, 5.41) is 3.14. The second kappa shape index (κ2) is 5.40. The van der Waals surface area contributed by atoms with Crippen LogP contribution in [-0.4, -0.2) is 56.4 Å². The van der Waals surface area contributed by atoms with Gasteiger partial charge in [0.1, 0.15) is 0 Å². The number of likely N-dealkylation sites (tertiary alicyclic amines) is 1. The molecule has 2 saturated heterocycles. The number of carbonyl (C=O) groups excluding carboxylic acids is 1. The number of nitrogens with one attached hydrogen (secondary N) is 1. The summed E-state index contributed by atoms with van der Waals surface area (Å²) in [6, 6.07) is -0.212. The van der Waals surface area contributed by atoms with E-state index in [2.05, 4.69) is 19.2 Å². The van der Waals surface area contributed by atoms with Gasteiger partial charge >= 0.3 is 0 Å². The maximum absolute atomic E-state index is 12.3. The molecule has 0 aliphatic carbocycles. The lowest BCUT2D eigenvalue weighted by Crippen LogP contribution is -2.50. The zero-order chi connectivity index (χ0) is 14.1. The lowest BCUT2D eigenvalue weighted by atomic mass is 9.84. The molecular formula is C13H24N2O3S. The van der Waals surface area contributed by atoms with Gasteiger partial charge in [-0.15, -0.1) is 0 Å². The van der Waals surface area contributed by atoms with E-state index in [0.29, 0.717) is 13.0 Å². The van der Waals surface area contributed by atoms with Gasteiger partial charge in [0.2, 0.25) is 5.91 Å². The van der Waals surface area contributed by atoms with E-state index in [0.717, 1.165) is 25.9 Å². The summed E-state index contributed by atoms with van der Waals surface area (Å²) < 4.78 is 23.1. The summed E-state index contributed by atoms with van der Waals surface area (Å²) in [4.78, 5) is 14.2. The van der Waals surface area contributed by atoms with E-state index >= 15 is 0 Å². The average Bonchev–Trinajstić information content (AvgIpc) is 2.26. The molecule has 0 radical (unpaired) electrons. The third kappa shape index (κ3) is 4.18. The highest BCUT2D eigenvalue weighted by molar-refractivity contribution is 7.91. The standard InChI is InChI=1S/C13H24N2O3S/c1-13(2)4-3-6-15(10-13)12(16)8-11-9-19(17,18)7-5-14-11/h11,14H,3-10H2,1-2H3. The van der Waals surface area contributed by atoms with E-state index in [1.54, 1.807) is 0 Å². The molecule has 0 aromatic carbocycles. The molecule has 0 aromatic rings. The molecule has 6 heteroatoms. The fourth-order valence-electron chi connectivity index (χ4n) is 2.97. The van der Waals surface area contributed by atoms with Crippen molar-refractivity contribution in [2.45, 2.75) is 39.2 Å². The molecule has 2 heterocycles. The first kappa shape index (κ1) is 14.8. The van der Waals surface area contributed by atoms with Crippen LogP contribution < -0.4 is 5.32 Å². The zero-order valence-corrected chi connectivity index (χ0v) is 12.6. The minimum Gasteiger partial charge on any atom is -0.342 e. The first-order valence-corrected chi connectivity index (χ1v) is 8.81. The Bertz CT molecular complexity index is 445. The third-order valence-corrected chi connectivity index (χ3v) is 5.71. The SMILES string of the molecule is CC1(C)CCCN(C(=O)CC2CS(=O)(=O)CCN2)C1. The van der Waals surface area contributed by atoms with Crippen molar-refractivity contribution in [2.24, 2.45) is 5.41 Å². The summed E-state index contributed by atoms with van der Waals surface area (Å²) in [5.41, 5.74) is 0.181. The van der Waals surface area contributed by atoms with Crippen molar-refractivity contribution in [2.75, 3.05) is 31.1 Å². The number of hydrogen-bond acceptors (Lipinski definition) is 4. The Balaban J connectivity index is 1.90. The number of amides is 1. The van der Waals surface area contributed by atoms with Crippen LogP contribution in [0.25, 0.3) is 0 Å². The van der Waals surface area contributed by atoms with Crippen molar-refractivity contribution in [3.05, 3.63) is 0 Å². The Morgan fingerprint density at radius 1 is 1.42 bits per heavy atom. The van der Waals surface area contributed by atoms with E-state index in [1.165, 1.54) is 0 Å². The van der Waals surface area contributed by atoms with Gasteiger partial charge in [-0.1, -0.05) is 13.8 Å². The molecule has 19 heavy (non-hydrogen) atoms. The summed E-state index contributed by atoms with van der Waals surface area (Å²) in [6.07, 6.45) is 2.48. The monoisotopic (exact) mass is 288 g/mol. The molecule has 2 fully saturated rings. The van der Waals surface area contributed by atoms with Gasteiger partial charge in [-0.05, 0) is 18.3 Å². The molecular weight excluding hydrogens is 264 g/mol. The molecule has 1 N–H and O–H groups in total. The van der Waals surface area contributed by atoms with Crippen LogP contribution in [0.15, 0.2) is 0 Å². The summed E-state index contributed by atoms with van der Waals surface area (Å²) in [7, 11) is -2.96. The Morgan fingerprint density at radius 2 is 2.16 bits per heavy atom. The Kier molecular flexibility index (Phi) is 4.20. The van der Waals surface area contributed by atoms with Crippen LogP contribution in [0, 0.1) is 5.41 Å². The molecule has 2 rings (SSSR count). The topological polar surface area (TPSA) is 66.5 Å². The van der Waals surface area contributed by atoms with Crippen LogP contribution in [0.2, 0.25) is 0 Å². The predicted octanol–water partition coefficient (Wildman–Crippen LogP) is 0.412. The summed E-state index contributed by atoms with van der Waals surface area (Å²) in [5.74, 6) is 0.368. The third-order valence-electron chi connectivity index (χ3n) is 3.98. The van der Waals surface area contributed by atoms with Crippen LogP contribution >= 0.6 is 0 Å². The van der Waals surface area contributed by atoms with E-state index in [1.807, 2.05) is 4.90 Å². The normalized spacial score (nSPS) is 30.0. The molecule has 1 amide bonds. The van der Waals surface area contributed by atoms with Gasteiger partial charge in [0.15, 0.2) is 9.84 Å². The zero-order valence-electron chi connectivity index (χ0n) is 11.8. The molecule has 0 spiro atoms. The van der Waals surface area contributed by atoms with Crippen molar-refractivity contribution in [1.29, 1.82) is 0 Å². The van der Waals surface area contributed by atoms with Gasteiger partial charge in [-0.3, -0.25) is 4.79 Å². The maximum Gasteiger partial charge on any atom is 0.224 e. The number of sulfone groups is 1. The minimum absolute atomic E-state index is 0.0855. The van der Waals surface area contributed by atoms with Gasteiger partial charge in [0.05, 0.1) is 11.5 Å². The van der Waals surface area contributed by atoms with Crippen molar-refractivity contribution >= 4 is 15.7 Å². The van der Waals surface area contributed by atoms with Crippen molar-refractivity contribution < 1.29 is 13.2 Å². The maximum atomic E-state index is 12.3. The molecule has 1 atom stereocenters. The molecule has 110 valence electrons. The number of rotatable bonds is 2. The van der Waals surface area contributed by atoms with Gasteiger partial charge in [0.25, 0.3) is 0 Å². The van der Waals surface area contributed by atoms with Crippen LogP contribution in [0.3, 0.4) is 0 Å². The lowest BCUT2D eigenvalue weighted by molar-refractivity contribution is -0.134. The Labute approximate surface area is 115 Å². The van der Waals surface area contributed by atoms with Crippen LogP contribution in [0.4, 0.5) is 0 Å². The number of hydrogen-bond donors (Lipinski definition) is 1. The molecule has 1 unspecified atom stereocenters. The van der Waals surface area contributed by atoms with Gasteiger partial charge in [-0.2, -0.15) is 0 Å². The highest BCUT2D eigenvalue weighted by Gasteiger charge is 2.32. The molecule has 0 saturated carbocycles. The molecule has 0 aromatic heterocycles. The van der Waals surface area contributed by atoms with Crippen molar-refractivity contribution in [3.8, 4) is 0 Å². The van der Waals surface area contributed by atoms with E-state index in [9.17, 15) is 13.2 Å². The van der Waals surface area contributed by atoms with Gasteiger partial charge in [-0.25, -0.2) is 8.42 Å². The highest BCUT2D eigenvalue weighted by atomic mass is 32.2. The number of carbonyl (C=O) groups is 1. The summed E-state index contributed by atoms with van der Waals surface area (Å²) >= 11 is 0. The van der Waals surface area contributed by atoms with Crippen LogP contribution in [0.1, 0.15) is 33.1 Å². The second-order valence-electron chi connectivity index (χ2n) is 6.55. The smallest absolute Gasteiger partial charge is 0.224 e. The van der Waals surface area contributed by atoms with Crippen LogP contribution in [0.5, 0.6) is 0 Å². The van der Waals surface area contributed by atoms with Crippen molar-refractivity contribution in [3.63, 3.8) is 0 Å². The van der Waals surface area contributed by atoms with Gasteiger partial charge in [0, 0.05) is 32.1 Å². The van der Waals surface area contributed by atoms with E-state index in [4.69, 9.17) is 0 Å². The van der Waals surface area contributed by atoms with E-state index < -0.39 is 9.84 Å². The van der Waals surface area contributed by atoms with Crippen LogP contribution in [-0.2, 0) is 14.6 Å². The minimum atomic E-state index is -2.96. The fourth-order valence-corrected chi connectivity index (χ4v) is 4.42. The van der Waals surface area contributed by atoms with E-state index in [-0.39, 0.29) is 28.9 Å². The average molecular weight is 288 g/mol. The van der Waals surface area contributed by atoms with Crippen molar-refractivity contribution in [1.82, 2.24) is 10.2 Å². The molecule has 2 aliphatic heterocycles. The highest BCUT2D eigenvalue weighted by Crippen LogP contribution is 2.28. The molecule has 2 aliphatic rings. The number of nitrogens with zero attached hydrogens (tertiary/aromatic N) is 1. The second-order valence-corrected chi connectivity index (χ2v) is 8.78. The predicted molar refractivity (Wildman–Crippen MR) is 74.7 cm³/mol. The molecule has 0 bridgehead atoms. The quantitative estimate of drug-likeness (QED) is 0.799. The summed E-state index contributed by atoms with van der Waals surface area (Å²) in [6.45, 7) is 6.41. The first-order valence-electron chi connectivity index (χ1n) is 6.99. The number of piperidine rings is 1. The Hall–Kier alpha value is -0.620. The lowest BCUT2D eigenvalue weighted by Gasteiger charge is -2.38. The Morgan fingerprint density at radius 3 is 2.79 bits per heavy atom. The largest absolute Gasteiger partial charge is 0.342 e. The fraction of sp³-hybridized carbons (Fsp3) is 0.923. The molecule has 5 nitrogen and oxygen atoms in total. The first-order chi connectivity index (χ1) is 8.77.